The summed E-state index contributed by atoms with van der Waals surface area (Å²) in [5.74, 6) is -1.61. The third-order valence-corrected chi connectivity index (χ3v) is 7.50. The third-order valence-electron chi connectivity index (χ3n) is 6.35. The van der Waals surface area contributed by atoms with Crippen LogP contribution in [0, 0.1) is 5.82 Å². The molecule has 194 valence electrons. The summed E-state index contributed by atoms with van der Waals surface area (Å²) in [7, 11) is -3.91. The van der Waals surface area contributed by atoms with Crippen molar-refractivity contribution in [2.75, 3.05) is 17.1 Å². The van der Waals surface area contributed by atoms with Crippen molar-refractivity contribution in [3.63, 3.8) is 0 Å². The van der Waals surface area contributed by atoms with Gasteiger partial charge in [-0.25, -0.2) is 12.8 Å². The van der Waals surface area contributed by atoms with Gasteiger partial charge in [-0.05, 0) is 56.5 Å². The van der Waals surface area contributed by atoms with Gasteiger partial charge in [0.2, 0.25) is 21.8 Å². The standard InChI is InChI=1S/C26H32FN3O5S/c1-18(26(33)28-23-8-4-5-9-23)29(16-20-11-13-22(27)14-12-20)25(32)17-30(36(3,34)35)24-10-6-7-21(15-24)19(2)31/h6-7,10-15,18,23H,4-5,8-9,16-17H2,1-3H3,(H,28,33)/t18-/m0/s1. The Morgan fingerprint density at radius 3 is 2.31 bits per heavy atom. The average molecular weight is 518 g/mol. The molecule has 1 saturated carbocycles. The normalized spacial score (nSPS) is 14.8. The number of rotatable bonds is 10. The van der Waals surface area contributed by atoms with E-state index in [1.54, 1.807) is 19.1 Å². The van der Waals surface area contributed by atoms with Crippen LogP contribution in [0.1, 0.15) is 55.5 Å². The van der Waals surface area contributed by atoms with E-state index in [0.29, 0.717) is 11.1 Å². The monoisotopic (exact) mass is 517 g/mol. The van der Waals surface area contributed by atoms with Gasteiger partial charge in [0.05, 0.1) is 11.9 Å². The molecule has 0 heterocycles. The van der Waals surface area contributed by atoms with Gasteiger partial charge in [-0.3, -0.25) is 18.7 Å². The van der Waals surface area contributed by atoms with Crippen LogP contribution in [0.25, 0.3) is 0 Å². The van der Waals surface area contributed by atoms with E-state index in [-0.39, 0.29) is 30.0 Å². The highest BCUT2D eigenvalue weighted by molar-refractivity contribution is 7.92. The largest absolute Gasteiger partial charge is 0.352 e. The molecule has 0 aromatic heterocycles. The summed E-state index contributed by atoms with van der Waals surface area (Å²) in [4.78, 5) is 39.7. The van der Waals surface area contributed by atoms with Crippen molar-refractivity contribution in [2.24, 2.45) is 0 Å². The Morgan fingerprint density at radius 2 is 1.72 bits per heavy atom. The zero-order chi connectivity index (χ0) is 26.5. The van der Waals surface area contributed by atoms with E-state index >= 15 is 0 Å². The van der Waals surface area contributed by atoms with E-state index in [0.717, 1.165) is 36.2 Å². The highest BCUT2D eigenvalue weighted by Crippen LogP contribution is 2.22. The molecule has 0 unspecified atom stereocenters. The van der Waals surface area contributed by atoms with Crippen molar-refractivity contribution >= 4 is 33.3 Å². The maximum atomic E-state index is 13.5. The molecule has 0 saturated heterocycles. The predicted octanol–water partition coefficient (Wildman–Crippen LogP) is 3.27. The number of sulfonamides is 1. The Balaban J connectivity index is 1.90. The summed E-state index contributed by atoms with van der Waals surface area (Å²) >= 11 is 0. The van der Waals surface area contributed by atoms with E-state index < -0.39 is 34.3 Å². The number of hydrogen-bond donors (Lipinski definition) is 1. The van der Waals surface area contributed by atoms with Crippen molar-refractivity contribution in [3.05, 3.63) is 65.5 Å². The number of anilines is 1. The first-order valence-electron chi connectivity index (χ1n) is 11.9. The summed E-state index contributed by atoms with van der Waals surface area (Å²) in [6.45, 7) is 2.38. The smallest absolute Gasteiger partial charge is 0.244 e. The van der Waals surface area contributed by atoms with Crippen LogP contribution >= 0.6 is 0 Å². The van der Waals surface area contributed by atoms with Gasteiger partial charge in [0.25, 0.3) is 0 Å². The molecular weight excluding hydrogens is 485 g/mol. The molecular formula is C26H32FN3O5S. The fourth-order valence-electron chi connectivity index (χ4n) is 4.25. The molecule has 2 amide bonds. The van der Waals surface area contributed by atoms with Crippen LogP contribution in [0.2, 0.25) is 0 Å². The number of carbonyl (C=O) groups is 3. The zero-order valence-electron chi connectivity index (χ0n) is 20.7. The highest BCUT2D eigenvalue weighted by atomic mass is 32.2. The van der Waals surface area contributed by atoms with Crippen LogP contribution in [0.5, 0.6) is 0 Å². The fourth-order valence-corrected chi connectivity index (χ4v) is 5.10. The molecule has 0 aliphatic heterocycles. The molecule has 36 heavy (non-hydrogen) atoms. The van der Waals surface area contributed by atoms with Gasteiger partial charge in [-0.2, -0.15) is 0 Å². The lowest BCUT2D eigenvalue weighted by Crippen LogP contribution is -2.52. The van der Waals surface area contributed by atoms with Gasteiger partial charge < -0.3 is 10.2 Å². The first kappa shape index (κ1) is 27.3. The number of nitrogens with one attached hydrogen (secondary N) is 1. The molecule has 1 atom stereocenters. The molecule has 2 aromatic carbocycles. The molecule has 2 aromatic rings. The van der Waals surface area contributed by atoms with Crippen LogP contribution in [-0.2, 0) is 26.2 Å². The van der Waals surface area contributed by atoms with Crippen LogP contribution in [0.4, 0.5) is 10.1 Å². The number of nitrogens with zero attached hydrogens (tertiary/aromatic N) is 2. The molecule has 3 rings (SSSR count). The number of amides is 2. The quantitative estimate of drug-likeness (QED) is 0.487. The lowest BCUT2D eigenvalue weighted by Gasteiger charge is -2.32. The van der Waals surface area contributed by atoms with E-state index in [1.165, 1.54) is 48.2 Å². The number of hydrogen-bond acceptors (Lipinski definition) is 5. The van der Waals surface area contributed by atoms with E-state index in [9.17, 15) is 27.2 Å². The first-order valence-corrected chi connectivity index (χ1v) is 13.7. The average Bonchev–Trinajstić information content (AvgIpc) is 3.34. The number of halogens is 1. The lowest BCUT2D eigenvalue weighted by atomic mass is 10.1. The van der Waals surface area contributed by atoms with Crippen molar-refractivity contribution in [2.45, 2.75) is 58.2 Å². The van der Waals surface area contributed by atoms with Crippen molar-refractivity contribution in [3.8, 4) is 0 Å². The summed E-state index contributed by atoms with van der Waals surface area (Å²) in [5.41, 5.74) is 1.07. The van der Waals surface area contributed by atoms with Gasteiger partial charge in [-0.15, -0.1) is 0 Å². The molecule has 10 heteroatoms. The Hall–Kier alpha value is -3.27. The van der Waals surface area contributed by atoms with Crippen LogP contribution in [-0.4, -0.2) is 55.8 Å². The van der Waals surface area contributed by atoms with Gasteiger partial charge in [0.1, 0.15) is 18.4 Å². The molecule has 0 radical (unpaired) electrons. The van der Waals surface area contributed by atoms with Crippen LogP contribution in [0.15, 0.2) is 48.5 Å². The highest BCUT2D eigenvalue weighted by Gasteiger charge is 2.31. The summed E-state index contributed by atoms with van der Waals surface area (Å²) in [5, 5.41) is 2.98. The molecule has 1 aliphatic carbocycles. The second-order valence-electron chi connectivity index (χ2n) is 9.19. The Morgan fingerprint density at radius 1 is 1.08 bits per heavy atom. The number of benzene rings is 2. The Bertz CT molecular complexity index is 1210. The van der Waals surface area contributed by atoms with E-state index in [2.05, 4.69) is 5.32 Å². The third kappa shape index (κ3) is 7.13. The van der Waals surface area contributed by atoms with Crippen molar-refractivity contribution < 1.29 is 27.2 Å². The zero-order valence-corrected chi connectivity index (χ0v) is 21.6. The summed E-state index contributed by atoms with van der Waals surface area (Å²) in [6.07, 6.45) is 4.78. The molecule has 0 spiro atoms. The maximum absolute atomic E-state index is 13.5. The van der Waals surface area contributed by atoms with E-state index in [1.807, 2.05) is 0 Å². The van der Waals surface area contributed by atoms with Gasteiger partial charge in [0.15, 0.2) is 5.78 Å². The van der Waals surface area contributed by atoms with Crippen molar-refractivity contribution in [1.29, 1.82) is 0 Å². The second kappa shape index (κ2) is 11.6. The Kier molecular flexibility index (Phi) is 8.84. The fraction of sp³-hybridized carbons (Fsp3) is 0.423. The van der Waals surface area contributed by atoms with Crippen LogP contribution in [0.3, 0.4) is 0 Å². The predicted molar refractivity (Wildman–Crippen MR) is 135 cm³/mol. The topological polar surface area (TPSA) is 104 Å². The SMILES string of the molecule is CC(=O)c1cccc(N(CC(=O)N(Cc2ccc(F)cc2)[C@@H](C)C(=O)NC2CCCC2)S(C)(=O)=O)c1. The maximum Gasteiger partial charge on any atom is 0.244 e. The molecule has 1 fully saturated rings. The van der Waals surface area contributed by atoms with Gasteiger partial charge in [-0.1, -0.05) is 37.1 Å². The minimum absolute atomic E-state index is 0.0105. The van der Waals surface area contributed by atoms with E-state index in [4.69, 9.17) is 0 Å². The summed E-state index contributed by atoms with van der Waals surface area (Å²) in [6, 6.07) is 10.7. The first-order chi connectivity index (χ1) is 17.0. The number of carbonyl (C=O) groups excluding carboxylic acids is 3. The minimum Gasteiger partial charge on any atom is -0.352 e. The molecule has 1 aliphatic rings. The number of Topliss-reactive ketones (excluding diaryl/α,β-unsaturated/α-hetero) is 1. The Labute approximate surface area is 211 Å². The minimum atomic E-state index is -3.91. The molecule has 1 N–H and O–H groups in total. The molecule has 8 nitrogen and oxygen atoms in total. The van der Waals surface area contributed by atoms with Crippen molar-refractivity contribution in [1.82, 2.24) is 10.2 Å². The number of ketones is 1. The lowest BCUT2D eigenvalue weighted by molar-refractivity contribution is -0.139. The summed E-state index contributed by atoms with van der Waals surface area (Å²) < 4.78 is 39.7. The second-order valence-corrected chi connectivity index (χ2v) is 11.1. The van der Waals surface area contributed by atoms with Crippen LogP contribution < -0.4 is 9.62 Å². The van der Waals surface area contributed by atoms with Gasteiger partial charge in [0, 0.05) is 18.2 Å². The molecule has 0 bridgehead atoms. The van der Waals surface area contributed by atoms with Gasteiger partial charge >= 0.3 is 0 Å².